The number of Topliss-reactive ketones (excluding diaryl/α,β-unsaturated/α-hetero) is 1. The maximum Gasteiger partial charge on any atom is 0.446 e. The standard InChI is InChI=1S/C22H27F2NO5S/c1-20(2,18(26)17-6-4-3-5-7-17)30-31(28,29)22(23,24)19(27)25-21-11-14-8-15(12-21)10-16(9-14)13-21/h3-7,14-16H,8-13H2,1-2H3,(H,25,27). The molecule has 5 rings (SSSR count). The van der Waals surface area contributed by atoms with Crippen LogP contribution in [0.4, 0.5) is 8.78 Å². The molecule has 0 aliphatic heterocycles. The summed E-state index contributed by atoms with van der Waals surface area (Å²) in [4.78, 5) is 25.1. The molecule has 4 aliphatic rings. The first kappa shape index (κ1) is 22.3. The Morgan fingerprint density at radius 2 is 1.48 bits per heavy atom. The first-order valence-corrected chi connectivity index (χ1v) is 12.0. The van der Waals surface area contributed by atoms with Crippen molar-refractivity contribution < 1.29 is 31.0 Å². The fourth-order valence-electron chi connectivity index (χ4n) is 5.99. The molecule has 0 unspecified atom stereocenters. The first-order valence-electron chi connectivity index (χ1n) is 10.6. The number of hydrogen-bond donors (Lipinski definition) is 1. The molecule has 0 atom stereocenters. The van der Waals surface area contributed by atoms with E-state index in [-0.39, 0.29) is 5.56 Å². The van der Waals surface area contributed by atoms with E-state index in [1.165, 1.54) is 12.1 Å². The minimum atomic E-state index is -5.72. The Kier molecular flexibility index (Phi) is 5.28. The van der Waals surface area contributed by atoms with Gasteiger partial charge in [-0.15, -0.1) is 0 Å². The van der Waals surface area contributed by atoms with E-state index in [2.05, 4.69) is 9.50 Å². The number of ketones is 1. The Balaban J connectivity index is 1.50. The van der Waals surface area contributed by atoms with Crippen LogP contribution in [-0.4, -0.2) is 36.5 Å². The van der Waals surface area contributed by atoms with E-state index in [1.807, 2.05) is 0 Å². The summed E-state index contributed by atoms with van der Waals surface area (Å²) in [6.45, 7) is 2.18. The summed E-state index contributed by atoms with van der Waals surface area (Å²) < 4.78 is 59.2. The molecule has 6 nitrogen and oxygen atoms in total. The minimum absolute atomic E-state index is 0.115. The minimum Gasteiger partial charge on any atom is -0.344 e. The van der Waals surface area contributed by atoms with E-state index < -0.39 is 38.2 Å². The van der Waals surface area contributed by atoms with Gasteiger partial charge in [-0.1, -0.05) is 30.3 Å². The second-order valence-electron chi connectivity index (χ2n) is 9.91. The van der Waals surface area contributed by atoms with E-state index in [0.29, 0.717) is 37.0 Å². The summed E-state index contributed by atoms with van der Waals surface area (Å²) in [6.07, 6.45) is 4.92. The Bertz CT molecular complexity index is 955. The van der Waals surface area contributed by atoms with Crippen molar-refractivity contribution in [3.05, 3.63) is 35.9 Å². The molecule has 1 amide bonds. The number of halogens is 2. The van der Waals surface area contributed by atoms with Crippen molar-refractivity contribution in [2.24, 2.45) is 17.8 Å². The van der Waals surface area contributed by atoms with Crippen LogP contribution in [-0.2, 0) is 19.1 Å². The van der Waals surface area contributed by atoms with E-state index in [9.17, 15) is 26.8 Å². The molecule has 1 aromatic rings. The van der Waals surface area contributed by atoms with Gasteiger partial charge in [-0.2, -0.15) is 17.2 Å². The first-order chi connectivity index (χ1) is 14.3. The van der Waals surface area contributed by atoms with Crippen LogP contribution in [0.15, 0.2) is 30.3 Å². The number of carbonyl (C=O) groups is 2. The van der Waals surface area contributed by atoms with Crippen LogP contribution in [0.2, 0.25) is 0 Å². The maximum atomic E-state index is 14.8. The van der Waals surface area contributed by atoms with Crippen LogP contribution in [0.5, 0.6) is 0 Å². The molecule has 31 heavy (non-hydrogen) atoms. The van der Waals surface area contributed by atoms with Crippen LogP contribution >= 0.6 is 0 Å². The molecular weight excluding hydrogens is 428 g/mol. The third-order valence-electron chi connectivity index (χ3n) is 6.90. The van der Waals surface area contributed by atoms with Gasteiger partial charge in [0.25, 0.3) is 0 Å². The van der Waals surface area contributed by atoms with Crippen LogP contribution in [0.25, 0.3) is 0 Å². The fraction of sp³-hybridized carbons (Fsp3) is 0.636. The molecule has 0 aromatic heterocycles. The molecule has 0 radical (unpaired) electrons. The molecule has 4 saturated carbocycles. The van der Waals surface area contributed by atoms with Gasteiger partial charge >= 0.3 is 21.3 Å². The van der Waals surface area contributed by atoms with Crippen LogP contribution in [0.1, 0.15) is 62.7 Å². The summed E-state index contributed by atoms with van der Waals surface area (Å²) in [5.74, 6) is -1.51. The number of rotatable bonds is 7. The van der Waals surface area contributed by atoms with Crippen molar-refractivity contribution in [3.8, 4) is 0 Å². The number of benzene rings is 1. The predicted octanol–water partition coefficient (Wildman–Crippen LogP) is 3.67. The van der Waals surface area contributed by atoms with Gasteiger partial charge in [-0.25, -0.2) is 0 Å². The quantitative estimate of drug-likeness (QED) is 0.501. The van der Waals surface area contributed by atoms with Gasteiger partial charge in [0.05, 0.1) is 0 Å². The van der Waals surface area contributed by atoms with Gasteiger partial charge in [0.15, 0.2) is 5.78 Å². The lowest BCUT2D eigenvalue weighted by atomic mass is 9.53. The van der Waals surface area contributed by atoms with Crippen molar-refractivity contribution in [1.29, 1.82) is 0 Å². The average Bonchev–Trinajstić information content (AvgIpc) is 2.65. The number of hydrogen-bond acceptors (Lipinski definition) is 5. The second-order valence-corrected chi connectivity index (χ2v) is 11.5. The molecule has 4 fully saturated rings. The van der Waals surface area contributed by atoms with Gasteiger partial charge in [0.2, 0.25) is 0 Å². The number of carbonyl (C=O) groups excluding carboxylic acids is 2. The SMILES string of the molecule is CC(C)(OS(=O)(=O)C(F)(F)C(=O)NC12CC3CC(CC(C3)C1)C2)C(=O)c1ccccc1. The van der Waals surface area contributed by atoms with Gasteiger partial charge in [0.1, 0.15) is 5.60 Å². The van der Waals surface area contributed by atoms with Crippen molar-refractivity contribution >= 4 is 21.8 Å². The smallest absolute Gasteiger partial charge is 0.344 e. The summed E-state index contributed by atoms with van der Waals surface area (Å²) in [6, 6.07) is 7.64. The molecule has 0 saturated heterocycles. The van der Waals surface area contributed by atoms with Crippen molar-refractivity contribution in [2.75, 3.05) is 0 Å². The Morgan fingerprint density at radius 1 is 1.00 bits per heavy atom. The largest absolute Gasteiger partial charge is 0.446 e. The summed E-state index contributed by atoms with van der Waals surface area (Å²) in [7, 11) is -5.72. The van der Waals surface area contributed by atoms with E-state index in [4.69, 9.17) is 0 Å². The molecule has 0 spiro atoms. The normalized spacial score (nSPS) is 30.3. The predicted molar refractivity (Wildman–Crippen MR) is 109 cm³/mol. The zero-order chi connectivity index (χ0) is 22.7. The highest BCUT2D eigenvalue weighted by Crippen LogP contribution is 2.55. The molecule has 170 valence electrons. The zero-order valence-corrected chi connectivity index (χ0v) is 18.4. The topological polar surface area (TPSA) is 89.5 Å². The Hall–Kier alpha value is -1.87. The highest BCUT2D eigenvalue weighted by Gasteiger charge is 2.60. The molecule has 4 aliphatic carbocycles. The van der Waals surface area contributed by atoms with Crippen molar-refractivity contribution in [3.63, 3.8) is 0 Å². The molecule has 9 heteroatoms. The lowest BCUT2D eigenvalue weighted by molar-refractivity contribution is -0.142. The molecule has 4 bridgehead atoms. The third kappa shape index (κ3) is 4.02. The zero-order valence-electron chi connectivity index (χ0n) is 17.6. The van der Waals surface area contributed by atoms with Gasteiger partial charge in [-0.05, 0) is 70.1 Å². The molecular formula is C22H27F2NO5S. The number of alkyl halides is 2. The maximum absolute atomic E-state index is 14.8. The van der Waals surface area contributed by atoms with E-state index in [0.717, 1.165) is 33.1 Å². The highest BCUT2D eigenvalue weighted by atomic mass is 32.2. The number of amides is 1. The molecule has 0 heterocycles. The monoisotopic (exact) mass is 455 g/mol. The summed E-state index contributed by atoms with van der Waals surface area (Å²) in [5, 5.41) is -2.43. The van der Waals surface area contributed by atoms with Crippen LogP contribution < -0.4 is 5.32 Å². The lowest BCUT2D eigenvalue weighted by Crippen LogP contribution is -2.63. The molecule has 1 N–H and O–H groups in total. The fourth-order valence-corrected chi connectivity index (χ4v) is 7.00. The van der Waals surface area contributed by atoms with E-state index in [1.54, 1.807) is 18.2 Å². The molecule has 1 aromatic carbocycles. The van der Waals surface area contributed by atoms with Crippen LogP contribution in [0, 0.1) is 17.8 Å². The van der Waals surface area contributed by atoms with Gasteiger partial charge < -0.3 is 5.32 Å². The van der Waals surface area contributed by atoms with Crippen molar-refractivity contribution in [1.82, 2.24) is 5.32 Å². The highest BCUT2D eigenvalue weighted by molar-refractivity contribution is 7.88. The Morgan fingerprint density at radius 3 is 1.97 bits per heavy atom. The van der Waals surface area contributed by atoms with Gasteiger partial charge in [0, 0.05) is 11.1 Å². The summed E-state index contributed by atoms with van der Waals surface area (Å²) in [5.41, 5.74) is -2.77. The third-order valence-corrected chi connectivity index (χ3v) is 8.35. The second kappa shape index (κ2) is 7.33. The van der Waals surface area contributed by atoms with Crippen LogP contribution in [0.3, 0.4) is 0 Å². The van der Waals surface area contributed by atoms with Crippen molar-refractivity contribution in [2.45, 2.75) is 68.8 Å². The van der Waals surface area contributed by atoms with E-state index >= 15 is 0 Å². The van der Waals surface area contributed by atoms with Gasteiger partial charge in [-0.3, -0.25) is 13.8 Å². The summed E-state index contributed by atoms with van der Waals surface area (Å²) >= 11 is 0. The Labute approximate surface area is 180 Å². The number of nitrogens with one attached hydrogen (secondary N) is 1. The average molecular weight is 456 g/mol. The lowest BCUT2D eigenvalue weighted by Gasteiger charge is -2.57.